The van der Waals surface area contributed by atoms with Gasteiger partial charge in [0, 0.05) is 12.3 Å². The molecule has 1 rings (SSSR count). The number of sulfone groups is 1. The molecule has 0 unspecified atom stereocenters. The number of hydrogen-bond donors (Lipinski definition) is 1. The molecule has 1 aromatic rings. The molecule has 0 aliphatic rings. The zero-order valence-electron chi connectivity index (χ0n) is 9.76. The Kier molecular flexibility index (Phi) is 4.45. The average Bonchev–Trinajstić information content (AvgIpc) is 2.28. The Labute approximate surface area is 99.8 Å². The fourth-order valence-electron chi connectivity index (χ4n) is 1.29. The number of rotatable bonds is 5. The van der Waals surface area contributed by atoms with Crippen LogP contribution < -0.4 is 5.32 Å². The monoisotopic (exact) mass is 263 g/mol. The van der Waals surface area contributed by atoms with Gasteiger partial charge in [0.25, 0.3) is 0 Å². The molecule has 0 saturated carbocycles. The highest BCUT2D eigenvalue weighted by Crippen LogP contribution is 2.21. The van der Waals surface area contributed by atoms with Crippen LogP contribution in [0.4, 0.5) is 14.5 Å². The van der Waals surface area contributed by atoms with Gasteiger partial charge in [0.05, 0.1) is 5.75 Å². The van der Waals surface area contributed by atoms with Crippen molar-refractivity contribution < 1.29 is 17.2 Å². The van der Waals surface area contributed by atoms with Crippen LogP contribution in [0.2, 0.25) is 0 Å². The molecule has 0 atom stereocenters. The lowest BCUT2D eigenvalue weighted by Gasteiger charge is -2.10. The van der Waals surface area contributed by atoms with E-state index in [1.165, 1.54) is 19.9 Å². The molecular formula is C11H15F2NO2S. The second-order valence-corrected chi connectivity index (χ2v) is 6.19. The Morgan fingerprint density at radius 3 is 2.53 bits per heavy atom. The van der Waals surface area contributed by atoms with Crippen LogP contribution >= 0.6 is 0 Å². The van der Waals surface area contributed by atoms with Gasteiger partial charge in [0.2, 0.25) is 0 Å². The van der Waals surface area contributed by atoms with Gasteiger partial charge < -0.3 is 5.32 Å². The first kappa shape index (κ1) is 13.9. The molecule has 0 aliphatic heterocycles. The molecule has 1 N–H and O–H groups in total. The van der Waals surface area contributed by atoms with E-state index in [4.69, 9.17) is 0 Å². The van der Waals surface area contributed by atoms with Crippen molar-refractivity contribution in [3.8, 4) is 0 Å². The first-order valence-electron chi connectivity index (χ1n) is 5.26. The number of halogens is 2. The Morgan fingerprint density at radius 2 is 1.94 bits per heavy atom. The molecule has 6 heteroatoms. The summed E-state index contributed by atoms with van der Waals surface area (Å²) in [7, 11) is -3.13. The SMILES string of the molecule is CCS(=O)(=O)CCNc1c(F)ccc(C)c1F. The molecule has 0 heterocycles. The van der Waals surface area contributed by atoms with Gasteiger partial charge in [-0.3, -0.25) is 0 Å². The molecule has 0 radical (unpaired) electrons. The van der Waals surface area contributed by atoms with Gasteiger partial charge in [0.15, 0.2) is 15.7 Å². The number of aryl methyl sites for hydroxylation is 1. The molecule has 1 aromatic carbocycles. The normalized spacial score (nSPS) is 11.5. The van der Waals surface area contributed by atoms with Crippen LogP contribution in [0.25, 0.3) is 0 Å². The Balaban J connectivity index is 2.74. The van der Waals surface area contributed by atoms with Crippen LogP contribution in [0.3, 0.4) is 0 Å². The summed E-state index contributed by atoms with van der Waals surface area (Å²) >= 11 is 0. The molecule has 17 heavy (non-hydrogen) atoms. The number of nitrogens with one attached hydrogen (secondary N) is 1. The molecule has 3 nitrogen and oxygen atoms in total. The summed E-state index contributed by atoms with van der Waals surface area (Å²) in [4.78, 5) is 0. The quantitative estimate of drug-likeness (QED) is 0.885. The van der Waals surface area contributed by atoms with E-state index in [0.717, 1.165) is 6.07 Å². The second kappa shape index (κ2) is 5.44. The lowest BCUT2D eigenvalue weighted by Crippen LogP contribution is -2.18. The lowest BCUT2D eigenvalue weighted by molar-refractivity contribution is 0.581. The zero-order valence-corrected chi connectivity index (χ0v) is 10.6. The maximum Gasteiger partial charge on any atom is 0.152 e. The number of hydrogen-bond acceptors (Lipinski definition) is 3. The Hall–Kier alpha value is -1.17. The number of anilines is 1. The molecule has 0 bridgehead atoms. The molecular weight excluding hydrogens is 248 g/mol. The Morgan fingerprint density at radius 1 is 1.29 bits per heavy atom. The summed E-state index contributed by atoms with van der Waals surface area (Å²) in [6, 6.07) is 2.48. The minimum absolute atomic E-state index is 0.00648. The van der Waals surface area contributed by atoms with E-state index in [-0.39, 0.29) is 23.7 Å². The van der Waals surface area contributed by atoms with Gasteiger partial charge in [-0.1, -0.05) is 13.0 Å². The summed E-state index contributed by atoms with van der Waals surface area (Å²) in [5.74, 6) is -1.52. The first-order chi connectivity index (χ1) is 7.87. The molecule has 96 valence electrons. The predicted molar refractivity (Wildman–Crippen MR) is 63.9 cm³/mol. The van der Waals surface area contributed by atoms with Crippen molar-refractivity contribution in [2.75, 3.05) is 23.4 Å². The van der Waals surface area contributed by atoms with Gasteiger partial charge in [0.1, 0.15) is 11.5 Å². The van der Waals surface area contributed by atoms with Crippen molar-refractivity contribution in [2.45, 2.75) is 13.8 Å². The smallest absolute Gasteiger partial charge is 0.152 e. The van der Waals surface area contributed by atoms with Gasteiger partial charge in [-0.25, -0.2) is 17.2 Å². The van der Waals surface area contributed by atoms with Crippen molar-refractivity contribution in [2.24, 2.45) is 0 Å². The summed E-state index contributed by atoms with van der Waals surface area (Å²) < 4.78 is 49.2. The predicted octanol–water partition coefficient (Wildman–Crippen LogP) is 2.12. The molecule has 0 aromatic heterocycles. The lowest BCUT2D eigenvalue weighted by atomic mass is 10.2. The highest BCUT2D eigenvalue weighted by molar-refractivity contribution is 7.91. The van der Waals surface area contributed by atoms with Crippen molar-refractivity contribution in [1.29, 1.82) is 0 Å². The van der Waals surface area contributed by atoms with E-state index in [0.29, 0.717) is 5.56 Å². The number of benzene rings is 1. The van der Waals surface area contributed by atoms with E-state index >= 15 is 0 Å². The van der Waals surface area contributed by atoms with Crippen molar-refractivity contribution in [3.63, 3.8) is 0 Å². The van der Waals surface area contributed by atoms with Crippen molar-refractivity contribution in [1.82, 2.24) is 0 Å². The summed E-state index contributed by atoms with van der Waals surface area (Å²) in [6.07, 6.45) is 0. The van der Waals surface area contributed by atoms with Gasteiger partial charge in [-0.15, -0.1) is 0 Å². The summed E-state index contributed by atoms with van der Waals surface area (Å²) in [5.41, 5.74) is 0.0450. The minimum atomic E-state index is -3.13. The zero-order chi connectivity index (χ0) is 13.1. The maximum absolute atomic E-state index is 13.5. The van der Waals surface area contributed by atoms with Gasteiger partial charge in [-0.05, 0) is 18.6 Å². The van der Waals surface area contributed by atoms with Crippen LogP contribution in [-0.4, -0.2) is 26.5 Å². The standard InChI is InChI=1S/C11H15F2NO2S/c1-3-17(15,16)7-6-14-11-9(12)5-4-8(2)10(11)13/h4-5,14H,3,6-7H2,1-2H3. The molecule has 0 saturated heterocycles. The largest absolute Gasteiger partial charge is 0.379 e. The minimum Gasteiger partial charge on any atom is -0.379 e. The molecule has 0 amide bonds. The topological polar surface area (TPSA) is 46.2 Å². The highest BCUT2D eigenvalue weighted by Gasteiger charge is 2.12. The summed E-state index contributed by atoms with van der Waals surface area (Å²) in [6.45, 7) is 3.04. The molecule has 0 aliphatic carbocycles. The van der Waals surface area contributed by atoms with E-state index in [9.17, 15) is 17.2 Å². The van der Waals surface area contributed by atoms with Crippen LogP contribution in [0.5, 0.6) is 0 Å². The third-order valence-electron chi connectivity index (χ3n) is 2.44. The first-order valence-corrected chi connectivity index (χ1v) is 7.08. The van der Waals surface area contributed by atoms with E-state index in [1.807, 2.05) is 0 Å². The van der Waals surface area contributed by atoms with Crippen molar-refractivity contribution in [3.05, 3.63) is 29.3 Å². The van der Waals surface area contributed by atoms with Gasteiger partial charge in [-0.2, -0.15) is 0 Å². The fraction of sp³-hybridized carbons (Fsp3) is 0.455. The van der Waals surface area contributed by atoms with Crippen LogP contribution in [0, 0.1) is 18.6 Å². The van der Waals surface area contributed by atoms with E-state index < -0.39 is 21.5 Å². The third kappa shape index (κ3) is 3.66. The third-order valence-corrected chi connectivity index (χ3v) is 4.14. The van der Waals surface area contributed by atoms with E-state index in [1.54, 1.807) is 0 Å². The van der Waals surface area contributed by atoms with Gasteiger partial charge >= 0.3 is 0 Å². The van der Waals surface area contributed by atoms with Crippen molar-refractivity contribution >= 4 is 15.5 Å². The Bertz CT molecular complexity index is 500. The fourth-order valence-corrected chi connectivity index (χ4v) is 2.00. The highest BCUT2D eigenvalue weighted by atomic mass is 32.2. The second-order valence-electron chi connectivity index (χ2n) is 3.72. The van der Waals surface area contributed by atoms with Crippen LogP contribution in [-0.2, 0) is 9.84 Å². The molecule has 0 fully saturated rings. The molecule has 0 spiro atoms. The van der Waals surface area contributed by atoms with Crippen LogP contribution in [0.1, 0.15) is 12.5 Å². The summed E-state index contributed by atoms with van der Waals surface area (Å²) in [5, 5.41) is 2.48. The average molecular weight is 263 g/mol. The van der Waals surface area contributed by atoms with Crippen LogP contribution in [0.15, 0.2) is 12.1 Å². The maximum atomic E-state index is 13.5. The van der Waals surface area contributed by atoms with E-state index in [2.05, 4.69) is 5.32 Å².